The minimum Gasteiger partial charge on any atom is -0.481 e. The maximum Gasteiger partial charge on any atom is 0.310 e. The van der Waals surface area contributed by atoms with E-state index in [0.717, 1.165) is 36.2 Å². The van der Waals surface area contributed by atoms with Gasteiger partial charge in [-0.25, -0.2) is 0 Å². The maximum atomic E-state index is 11.5. The molecule has 4 heteroatoms. The molecule has 0 amide bonds. The van der Waals surface area contributed by atoms with Gasteiger partial charge in [-0.1, -0.05) is 25.1 Å². The number of furan rings is 1. The molecule has 1 aromatic carbocycles. The second-order valence-electron chi connectivity index (χ2n) is 6.03. The number of likely N-dealkylation sites (tertiary alicyclic amines) is 1. The summed E-state index contributed by atoms with van der Waals surface area (Å²) in [6.07, 6.45) is 1.41. The number of benzene rings is 1. The van der Waals surface area contributed by atoms with Crippen molar-refractivity contribution in [1.29, 1.82) is 0 Å². The lowest BCUT2D eigenvalue weighted by Gasteiger charge is -2.23. The van der Waals surface area contributed by atoms with Crippen molar-refractivity contribution in [2.45, 2.75) is 33.2 Å². The van der Waals surface area contributed by atoms with E-state index in [0.29, 0.717) is 13.0 Å². The zero-order valence-electron chi connectivity index (χ0n) is 12.6. The van der Waals surface area contributed by atoms with Gasteiger partial charge in [0.1, 0.15) is 11.3 Å². The minimum atomic E-state index is -0.665. The van der Waals surface area contributed by atoms with Crippen molar-refractivity contribution >= 4 is 16.9 Å². The Labute approximate surface area is 124 Å². The van der Waals surface area contributed by atoms with E-state index in [2.05, 4.69) is 11.0 Å². The number of hydrogen-bond donors (Lipinski definition) is 1. The van der Waals surface area contributed by atoms with Crippen LogP contribution in [-0.4, -0.2) is 29.1 Å². The Hall–Kier alpha value is -1.81. The second-order valence-corrected chi connectivity index (χ2v) is 6.03. The van der Waals surface area contributed by atoms with Crippen molar-refractivity contribution in [2.75, 3.05) is 13.1 Å². The van der Waals surface area contributed by atoms with E-state index in [9.17, 15) is 9.90 Å². The molecule has 0 bridgehead atoms. The van der Waals surface area contributed by atoms with E-state index >= 15 is 0 Å². The Morgan fingerprint density at radius 2 is 2.19 bits per heavy atom. The number of nitrogens with zero attached hydrogens (tertiary/aromatic N) is 1. The monoisotopic (exact) mass is 287 g/mol. The van der Waals surface area contributed by atoms with E-state index in [4.69, 9.17) is 4.42 Å². The number of fused-ring (bicyclic) bond motifs is 1. The van der Waals surface area contributed by atoms with Crippen LogP contribution in [0.15, 0.2) is 28.7 Å². The van der Waals surface area contributed by atoms with Gasteiger partial charge >= 0.3 is 5.97 Å². The van der Waals surface area contributed by atoms with Crippen LogP contribution in [0.25, 0.3) is 11.0 Å². The average Bonchev–Trinajstić information content (AvgIpc) is 3.02. The lowest BCUT2D eigenvalue weighted by Crippen LogP contribution is -2.33. The molecule has 1 fully saturated rings. The quantitative estimate of drug-likeness (QED) is 0.936. The topological polar surface area (TPSA) is 53.7 Å². The summed E-state index contributed by atoms with van der Waals surface area (Å²) >= 11 is 0. The van der Waals surface area contributed by atoms with Crippen LogP contribution in [0.4, 0.5) is 0 Å². The van der Waals surface area contributed by atoms with Crippen LogP contribution in [0.3, 0.4) is 0 Å². The summed E-state index contributed by atoms with van der Waals surface area (Å²) < 4.78 is 5.79. The lowest BCUT2D eigenvalue weighted by molar-refractivity contribution is -0.148. The highest BCUT2D eigenvalue weighted by atomic mass is 16.4. The predicted octanol–water partition coefficient (Wildman–Crippen LogP) is 3.43. The fourth-order valence-corrected chi connectivity index (χ4v) is 3.35. The molecule has 1 aromatic heterocycles. The molecular weight excluding hydrogens is 266 g/mol. The van der Waals surface area contributed by atoms with Gasteiger partial charge in [-0.15, -0.1) is 0 Å². The summed E-state index contributed by atoms with van der Waals surface area (Å²) in [6.45, 7) is 6.17. The Bertz CT molecular complexity index is 676. The Balaban J connectivity index is 1.84. The van der Waals surface area contributed by atoms with Crippen molar-refractivity contribution in [3.63, 3.8) is 0 Å². The molecule has 2 aromatic rings. The largest absolute Gasteiger partial charge is 0.481 e. The third kappa shape index (κ3) is 2.33. The molecule has 4 nitrogen and oxygen atoms in total. The minimum absolute atomic E-state index is 0.576. The van der Waals surface area contributed by atoms with E-state index < -0.39 is 11.4 Å². The van der Waals surface area contributed by atoms with Gasteiger partial charge in [0, 0.05) is 24.0 Å². The van der Waals surface area contributed by atoms with Gasteiger partial charge in [-0.05, 0) is 32.4 Å². The highest BCUT2D eigenvalue weighted by Gasteiger charge is 2.43. The molecule has 112 valence electrons. The standard InChI is InChI=1S/C17H21NO3/c1-3-17(16(19)20)8-9-18(11-17)10-14-12(2)21-15-7-5-4-6-13(14)15/h4-7H,3,8-11H2,1-2H3,(H,19,20). The normalized spacial score (nSPS) is 23.0. The molecule has 1 saturated heterocycles. The summed E-state index contributed by atoms with van der Waals surface area (Å²) in [7, 11) is 0. The summed E-state index contributed by atoms with van der Waals surface area (Å²) in [6, 6.07) is 8.03. The number of carboxylic acids is 1. The highest BCUT2D eigenvalue weighted by molar-refractivity contribution is 5.82. The van der Waals surface area contributed by atoms with Gasteiger partial charge < -0.3 is 9.52 Å². The SMILES string of the molecule is CCC1(C(=O)O)CCN(Cc2c(C)oc3ccccc23)C1. The van der Waals surface area contributed by atoms with Crippen LogP contribution >= 0.6 is 0 Å². The van der Waals surface area contributed by atoms with Crippen molar-refractivity contribution < 1.29 is 14.3 Å². The van der Waals surface area contributed by atoms with Gasteiger partial charge in [0.25, 0.3) is 0 Å². The first-order valence-electron chi connectivity index (χ1n) is 7.48. The summed E-state index contributed by atoms with van der Waals surface area (Å²) in [4.78, 5) is 13.8. The fraction of sp³-hybridized carbons (Fsp3) is 0.471. The molecule has 0 spiro atoms. The number of hydrogen-bond acceptors (Lipinski definition) is 3. The zero-order valence-corrected chi connectivity index (χ0v) is 12.6. The first kappa shape index (κ1) is 14.1. The maximum absolute atomic E-state index is 11.5. The van der Waals surface area contributed by atoms with E-state index in [1.54, 1.807) is 0 Å². The molecule has 1 unspecified atom stereocenters. The fourth-order valence-electron chi connectivity index (χ4n) is 3.35. The van der Waals surface area contributed by atoms with Gasteiger partial charge in [0.15, 0.2) is 0 Å². The summed E-state index contributed by atoms with van der Waals surface area (Å²) in [5, 5.41) is 10.6. The van der Waals surface area contributed by atoms with Crippen molar-refractivity contribution in [2.24, 2.45) is 5.41 Å². The van der Waals surface area contributed by atoms with Crippen LogP contribution < -0.4 is 0 Å². The van der Waals surface area contributed by atoms with Crippen LogP contribution in [0.5, 0.6) is 0 Å². The third-order valence-electron chi connectivity index (χ3n) is 4.85. The Kier molecular flexibility index (Phi) is 3.49. The molecule has 0 radical (unpaired) electrons. The molecule has 1 N–H and O–H groups in total. The number of carbonyl (C=O) groups is 1. The smallest absolute Gasteiger partial charge is 0.310 e. The Morgan fingerprint density at radius 1 is 1.43 bits per heavy atom. The van der Waals surface area contributed by atoms with Gasteiger partial charge in [0.2, 0.25) is 0 Å². The van der Waals surface area contributed by atoms with Gasteiger partial charge in [-0.3, -0.25) is 9.69 Å². The van der Waals surface area contributed by atoms with Crippen LogP contribution in [0.1, 0.15) is 31.1 Å². The molecule has 3 rings (SSSR count). The molecular formula is C17H21NO3. The second kappa shape index (κ2) is 5.19. The van der Waals surface area contributed by atoms with Crippen molar-refractivity contribution in [3.05, 3.63) is 35.6 Å². The lowest BCUT2D eigenvalue weighted by atomic mass is 9.84. The Morgan fingerprint density at radius 3 is 2.86 bits per heavy atom. The predicted molar refractivity (Wildman–Crippen MR) is 81.2 cm³/mol. The number of carboxylic acid groups (broad SMARTS) is 1. The van der Waals surface area contributed by atoms with Crippen molar-refractivity contribution in [3.8, 4) is 0 Å². The molecule has 1 aliphatic heterocycles. The number of aliphatic carboxylic acids is 1. The molecule has 0 saturated carbocycles. The van der Waals surface area contributed by atoms with Crippen molar-refractivity contribution in [1.82, 2.24) is 4.90 Å². The van der Waals surface area contributed by atoms with E-state index in [1.165, 1.54) is 5.56 Å². The summed E-state index contributed by atoms with van der Waals surface area (Å²) in [5.41, 5.74) is 1.51. The zero-order chi connectivity index (χ0) is 15.0. The average molecular weight is 287 g/mol. The first-order chi connectivity index (χ1) is 10.1. The molecule has 21 heavy (non-hydrogen) atoms. The molecule has 1 aliphatic rings. The third-order valence-corrected chi connectivity index (χ3v) is 4.85. The van der Waals surface area contributed by atoms with Crippen LogP contribution in [0, 0.1) is 12.3 Å². The van der Waals surface area contributed by atoms with Crippen LogP contribution in [-0.2, 0) is 11.3 Å². The van der Waals surface area contributed by atoms with Crippen LogP contribution in [0.2, 0.25) is 0 Å². The van der Waals surface area contributed by atoms with Gasteiger partial charge in [-0.2, -0.15) is 0 Å². The molecule has 1 atom stereocenters. The number of rotatable bonds is 4. The van der Waals surface area contributed by atoms with E-state index in [1.807, 2.05) is 32.0 Å². The highest BCUT2D eigenvalue weighted by Crippen LogP contribution is 2.36. The number of para-hydroxylation sites is 1. The molecule has 2 heterocycles. The number of aryl methyl sites for hydroxylation is 1. The molecule has 0 aliphatic carbocycles. The first-order valence-corrected chi connectivity index (χ1v) is 7.48. The van der Waals surface area contributed by atoms with Gasteiger partial charge in [0.05, 0.1) is 5.41 Å². The summed E-state index contributed by atoms with van der Waals surface area (Å²) in [5.74, 6) is 0.266. The van der Waals surface area contributed by atoms with E-state index in [-0.39, 0.29) is 0 Å².